The van der Waals surface area contributed by atoms with Crippen molar-refractivity contribution < 1.29 is 0 Å². The van der Waals surface area contributed by atoms with Crippen molar-refractivity contribution in [1.29, 1.82) is 0 Å². The summed E-state index contributed by atoms with van der Waals surface area (Å²) >= 11 is 0. The molecule has 0 heteroatoms. The van der Waals surface area contributed by atoms with Crippen LogP contribution in [0.2, 0.25) is 0 Å². The number of rotatable bonds is 1. The van der Waals surface area contributed by atoms with E-state index < -0.39 is 0 Å². The van der Waals surface area contributed by atoms with E-state index in [1.165, 1.54) is 12.0 Å². The fourth-order valence-electron chi connectivity index (χ4n) is 2.84. The SMILES string of the molecule is C=C(C)C1CC(C)C(C)C(C)C1C. The Kier molecular flexibility index (Phi) is 3.21. The van der Waals surface area contributed by atoms with Crippen LogP contribution in [-0.2, 0) is 0 Å². The number of hydrogen-bond acceptors (Lipinski definition) is 0. The molecule has 0 saturated heterocycles. The van der Waals surface area contributed by atoms with Gasteiger partial charge < -0.3 is 0 Å². The smallest absolute Gasteiger partial charge is 0.0178 e. The predicted molar refractivity (Wildman–Crippen MR) is 59.6 cm³/mol. The zero-order valence-electron chi connectivity index (χ0n) is 9.80. The van der Waals surface area contributed by atoms with E-state index in [0.717, 1.165) is 29.6 Å². The second-order valence-corrected chi connectivity index (χ2v) is 5.24. The van der Waals surface area contributed by atoms with Gasteiger partial charge in [-0.05, 0) is 42.9 Å². The monoisotopic (exact) mass is 180 g/mol. The highest BCUT2D eigenvalue weighted by Crippen LogP contribution is 2.43. The van der Waals surface area contributed by atoms with E-state index in [2.05, 4.69) is 41.2 Å². The van der Waals surface area contributed by atoms with Crippen molar-refractivity contribution in [2.75, 3.05) is 0 Å². The molecule has 5 atom stereocenters. The Bertz CT molecular complexity index is 192. The van der Waals surface area contributed by atoms with Crippen LogP contribution < -0.4 is 0 Å². The largest absolute Gasteiger partial charge is 0.0999 e. The highest BCUT2D eigenvalue weighted by atomic mass is 14.4. The molecule has 13 heavy (non-hydrogen) atoms. The van der Waals surface area contributed by atoms with Crippen LogP contribution in [0.5, 0.6) is 0 Å². The summed E-state index contributed by atoms with van der Waals surface area (Å²) in [6.45, 7) is 15.9. The van der Waals surface area contributed by atoms with E-state index in [4.69, 9.17) is 0 Å². The van der Waals surface area contributed by atoms with Crippen LogP contribution in [0, 0.1) is 29.6 Å². The first-order valence-corrected chi connectivity index (χ1v) is 5.60. The van der Waals surface area contributed by atoms with Crippen LogP contribution >= 0.6 is 0 Å². The molecule has 0 spiro atoms. The van der Waals surface area contributed by atoms with E-state index in [1.54, 1.807) is 0 Å². The highest BCUT2D eigenvalue weighted by Gasteiger charge is 2.35. The third-order valence-corrected chi connectivity index (χ3v) is 4.45. The Morgan fingerprint density at radius 1 is 1.00 bits per heavy atom. The summed E-state index contributed by atoms with van der Waals surface area (Å²) in [4.78, 5) is 0. The van der Waals surface area contributed by atoms with Crippen molar-refractivity contribution >= 4 is 0 Å². The zero-order chi connectivity index (χ0) is 10.2. The molecule has 0 heterocycles. The predicted octanol–water partition coefficient (Wildman–Crippen LogP) is 4.13. The molecule has 0 nitrogen and oxygen atoms in total. The van der Waals surface area contributed by atoms with Crippen molar-refractivity contribution in [2.24, 2.45) is 29.6 Å². The molecule has 1 aliphatic rings. The van der Waals surface area contributed by atoms with Gasteiger partial charge in [0.05, 0.1) is 0 Å². The normalized spacial score (nSPS) is 46.1. The first kappa shape index (κ1) is 10.8. The van der Waals surface area contributed by atoms with Crippen LogP contribution in [0.25, 0.3) is 0 Å². The quantitative estimate of drug-likeness (QED) is 0.532. The van der Waals surface area contributed by atoms with Gasteiger partial charge in [0, 0.05) is 0 Å². The van der Waals surface area contributed by atoms with Gasteiger partial charge in [-0.2, -0.15) is 0 Å². The second kappa shape index (κ2) is 3.86. The molecule has 1 aliphatic carbocycles. The maximum absolute atomic E-state index is 4.12. The molecule has 0 radical (unpaired) electrons. The van der Waals surface area contributed by atoms with Gasteiger partial charge in [-0.3, -0.25) is 0 Å². The molecule has 0 N–H and O–H groups in total. The summed E-state index contributed by atoms with van der Waals surface area (Å²) in [6.07, 6.45) is 1.35. The summed E-state index contributed by atoms with van der Waals surface area (Å²) < 4.78 is 0. The lowest BCUT2D eigenvalue weighted by molar-refractivity contribution is 0.0940. The van der Waals surface area contributed by atoms with Gasteiger partial charge in [0.1, 0.15) is 0 Å². The first-order valence-electron chi connectivity index (χ1n) is 5.60. The van der Waals surface area contributed by atoms with Crippen molar-refractivity contribution in [3.05, 3.63) is 12.2 Å². The molecule has 0 aromatic carbocycles. The minimum absolute atomic E-state index is 0.765. The Hall–Kier alpha value is -0.260. The van der Waals surface area contributed by atoms with Gasteiger partial charge in [-0.1, -0.05) is 39.8 Å². The Morgan fingerprint density at radius 3 is 2.00 bits per heavy atom. The molecule has 1 rings (SSSR count). The Labute approximate surface area is 83.4 Å². The third-order valence-electron chi connectivity index (χ3n) is 4.45. The molecule has 1 fully saturated rings. The Morgan fingerprint density at radius 2 is 1.54 bits per heavy atom. The second-order valence-electron chi connectivity index (χ2n) is 5.24. The molecule has 76 valence electrons. The van der Waals surface area contributed by atoms with E-state index in [1.807, 2.05) is 0 Å². The maximum atomic E-state index is 4.12. The van der Waals surface area contributed by atoms with Crippen LogP contribution in [0.1, 0.15) is 41.0 Å². The van der Waals surface area contributed by atoms with Gasteiger partial charge in [0.25, 0.3) is 0 Å². The average Bonchev–Trinajstić information content (AvgIpc) is 2.07. The minimum atomic E-state index is 0.765. The van der Waals surface area contributed by atoms with E-state index in [9.17, 15) is 0 Å². The molecule has 5 unspecified atom stereocenters. The van der Waals surface area contributed by atoms with E-state index in [0.29, 0.717) is 0 Å². The van der Waals surface area contributed by atoms with Gasteiger partial charge in [0.15, 0.2) is 0 Å². The van der Waals surface area contributed by atoms with E-state index >= 15 is 0 Å². The van der Waals surface area contributed by atoms with Crippen LogP contribution in [0.15, 0.2) is 12.2 Å². The number of hydrogen-bond donors (Lipinski definition) is 0. The fourth-order valence-corrected chi connectivity index (χ4v) is 2.84. The van der Waals surface area contributed by atoms with Crippen molar-refractivity contribution in [3.8, 4) is 0 Å². The van der Waals surface area contributed by atoms with E-state index in [-0.39, 0.29) is 0 Å². The average molecular weight is 180 g/mol. The highest BCUT2D eigenvalue weighted by molar-refractivity contribution is 5.02. The van der Waals surface area contributed by atoms with Crippen molar-refractivity contribution in [2.45, 2.75) is 41.0 Å². The molecule has 0 aliphatic heterocycles. The van der Waals surface area contributed by atoms with Crippen LogP contribution in [0.4, 0.5) is 0 Å². The maximum Gasteiger partial charge on any atom is -0.0178 e. The Balaban J connectivity index is 2.76. The number of allylic oxidation sites excluding steroid dienone is 1. The summed E-state index contributed by atoms with van der Waals surface area (Å²) in [5.74, 6) is 4.19. The summed E-state index contributed by atoms with van der Waals surface area (Å²) in [5.41, 5.74) is 1.39. The van der Waals surface area contributed by atoms with Crippen molar-refractivity contribution in [3.63, 3.8) is 0 Å². The molecule has 0 aromatic heterocycles. The van der Waals surface area contributed by atoms with Gasteiger partial charge in [-0.15, -0.1) is 0 Å². The molecule has 1 saturated carbocycles. The molecular formula is C13H24. The van der Waals surface area contributed by atoms with Crippen LogP contribution in [0.3, 0.4) is 0 Å². The molecular weight excluding hydrogens is 156 g/mol. The standard InChI is InChI=1S/C13H24/c1-8(2)13-7-9(3)10(4)11(5)12(13)6/h9-13H,1,7H2,2-6H3. The third kappa shape index (κ3) is 1.98. The minimum Gasteiger partial charge on any atom is -0.0999 e. The van der Waals surface area contributed by atoms with Crippen molar-refractivity contribution in [1.82, 2.24) is 0 Å². The molecule has 0 aromatic rings. The zero-order valence-corrected chi connectivity index (χ0v) is 9.80. The fraction of sp³-hybridized carbons (Fsp3) is 0.846. The summed E-state index contributed by atoms with van der Waals surface area (Å²) in [6, 6.07) is 0. The topological polar surface area (TPSA) is 0 Å². The molecule has 0 bridgehead atoms. The first-order chi connectivity index (χ1) is 5.95. The van der Waals surface area contributed by atoms with Gasteiger partial charge >= 0.3 is 0 Å². The van der Waals surface area contributed by atoms with Gasteiger partial charge in [0.2, 0.25) is 0 Å². The van der Waals surface area contributed by atoms with Gasteiger partial charge in [-0.25, -0.2) is 0 Å². The summed E-state index contributed by atoms with van der Waals surface area (Å²) in [5, 5.41) is 0. The lowest BCUT2D eigenvalue weighted by Crippen LogP contribution is -2.35. The lowest BCUT2D eigenvalue weighted by Gasteiger charge is -2.43. The molecule has 0 amide bonds. The van der Waals surface area contributed by atoms with Crippen LogP contribution in [-0.4, -0.2) is 0 Å². The summed E-state index contributed by atoms with van der Waals surface area (Å²) in [7, 11) is 0. The lowest BCUT2D eigenvalue weighted by atomic mass is 9.63.